The molecule has 0 aromatic rings. The number of esters is 1. The molecule has 0 aromatic carbocycles. The van der Waals surface area contributed by atoms with E-state index in [9.17, 15) is 14.7 Å². The van der Waals surface area contributed by atoms with Gasteiger partial charge in [0.15, 0.2) is 5.78 Å². The molecule has 1 unspecified atom stereocenters. The molecule has 23 heavy (non-hydrogen) atoms. The van der Waals surface area contributed by atoms with Gasteiger partial charge >= 0.3 is 5.97 Å². The third kappa shape index (κ3) is 14.2. The zero-order valence-electron chi connectivity index (χ0n) is 14.9. The molecule has 0 saturated carbocycles. The molecule has 0 fully saturated rings. The van der Waals surface area contributed by atoms with Crippen LogP contribution < -0.4 is 0 Å². The first-order valence-electron chi connectivity index (χ1n) is 9.04. The number of hydrogen-bond acceptors (Lipinski definition) is 4. The number of carbonyl (C=O) groups excluding carboxylic acids is 2. The number of unbranched alkanes of at least 4 members (excludes halogenated alkanes) is 7. The van der Waals surface area contributed by atoms with Crippen molar-refractivity contribution in [3.05, 3.63) is 12.2 Å². The third-order valence-corrected chi connectivity index (χ3v) is 3.92. The molecule has 4 heteroatoms. The van der Waals surface area contributed by atoms with Gasteiger partial charge in [0.25, 0.3) is 0 Å². The van der Waals surface area contributed by atoms with Crippen molar-refractivity contribution < 1.29 is 19.4 Å². The Morgan fingerprint density at radius 1 is 1.00 bits per heavy atom. The number of methoxy groups -OCH3 is 1. The Hall–Kier alpha value is -1.16. The highest BCUT2D eigenvalue weighted by Gasteiger charge is 2.12. The summed E-state index contributed by atoms with van der Waals surface area (Å²) in [5.74, 6) is -0.240. The summed E-state index contributed by atoms with van der Waals surface area (Å²) >= 11 is 0. The van der Waals surface area contributed by atoms with Crippen LogP contribution in [0.2, 0.25) is 0 Å². The molecule has 1 atom stereocenters. The van der Waals surface area contributed by atoms with Crippen LogP contribution in [0.1, 0.15) is 84.0 Å². The van der Waals surface area contributed by atoms with Crippen molar-refractivity contribution in [2.75, 3.05) is 7.11 Å². The van der Waals surface area contributed by atoms with Gasteiger partial charge in [-0.1, -0.05) is 57.6 Å². The first-order chi connectivity index (χ1) is 11.1. The SMILES string of the molecule is CCCCCC=CCC(=O)C(O)CCCCCCCC(=O)OC. The van der Waals surface area contributed by atoms with E-state index in [0.29, 0.717) is 19.3 Å². The van der Waals surface area contributed by atoms with Crippen LogP contribution in [-0.2, 0) is 14.3 Å². The first-order valence-corrected chi connectivity index (χ1v) is 9.04. The molecule has 4 nitrogen and oxygen atoms in total. The van der Waals surface area contributed by atoms with Gasteiger partial charge in [-0.3, -0.25) is 9.59 Å². The number of ketones is 1. The minimum Gasteiger partial charge on any atom is -0.469 e. The number of hydrogen-bond donors (Lipinski definition) is 1. The van der Waals surface area contributed by atoms with E-state index in [-0.39, 0.29) is 11.8 Å². The fraction of sp³-hybridized carbons (Fsp3) is 0.789. The average Bonchev–Trinajstić information content (AvgIpc) is 2.56. The predicted octanol–water partition coefficient (Wildman–Crippen LogP) is 4.35. The molecule has 0 aliphatic heterocycles. The van der Waals surface area contributed by atoms with Crippen molar-refractivity contribution in [3.63, 3.8) is 0 Å². The fourth-order valence-electron chi connectivity index (χ4n) is 2.37. The van der Waals surface area contributed by atoms with Crippen LogP contribution in [0.25, 0.3) is 0 Å². The van der Waals surface area contributed by atoms with Crippen LogP contribution in [0, 0.1) is 0 Å². The normalized spacial score (nSPS) is 12.5. The zero-order chi connectivity index (χ0) is 17.3. The fourth-order valence-corrected chi connectivity index (χ4v) is 2.37. The number of allylic oxidation sites excluding steroid dienone is 2. The summed E-state index contributed by atoms with van der Waals surface area (Å²) in [5, 5.41) is 9.82. The van der Waals surface area contributed by atoms with Gasteiger partial charge in [0.1, 0.15) is 6.10 Å². The van der Waals surface area contributed by atoms with Crippen molar-refractivity contribution in [3.8, 4) is 0 Å². The quantitative estimate of drug-likeness (QED) is 0.276. The molecule has 0 rings (SSSR count). The third-order valence-electron chi connectivity index (χ3n) is 3.92. The summed E-state index contributed by atoms with van der Waals surface area (Å²) in [6, 6.07) is 0. The van der Waals surface area contributed by atoms with E-state index in [1.54, 1.807) is 0 Å². The highest BCUT2D eigenvalue weighted by Crippen LogP contribution is 2.10. The van der Waals surface area contributed by atoms with E-state index >= 15 is 0 Å². The summed E-state index contributed by atoms with van der Waals surface area (Å²) < 4.78 is 4.58. The van der Waals surface area contributed by atoms with Crippen molar-refractivity contribution in [1.82, 2.24) is 0 Å². The Morgan fingerprint density at radius 2 is 1.70 bits per heavy atom. The number of aliphatic hydroxyl groups excluding tert-OH is 1. The number of carbonyl (C=O) groups is 2. The highest BCUT2D eigenvalue weighted by atomic mass is 16.5. The second-order valence-corrected chi connectivity index (χ2v) is 6.04. The highest BCUT2D eigenvalue weighted by molar-refractivity contribution is 5.84. The predicted molar refractivity (Wildman–Crippen MR) is 93.2 cm³/mol. The summed E-state index contributed by atoms with van der Waals surface area (Å²) in [5.41, 5.74) is 0. The lowest BCUT2D eigenvalue weighted by Gasteiger charge is -2.08. The molecular formula is C19H34O4. The smallest absolute Gasteiger partial charge is 0.305 e. The van der Waals surface area contributed by atoms with Gasteiger partial charge in [0, 0.05) is 12.8 Å². The van der Waals surface area contributed by atoms with Crippen LogP contribution in [-0.4, -0.2) is 30.1 Å². The number of aliphatic hydroxyl groups is 1. The van der Waals surface area contributed by atoms with Crippen LogP contribution in [0.5, 0.6) is 0 Å². The number of Topliss-reactive ketones (excluding diaryl/α,β-unsaturated/α-hetero) is 1. The first kappa shape index (κ1) is 21.8. The van der Waals surface area contributed by atoms with Gasteiger partial charge in [-0.2, -0.15) is 0 Å². The summed E-state index contributed by atoms with van der Waals surface area (Å²) in [4.78, 5) is 22.7. The molecule has 0 aliphatic rings. The molecule has 0 heterocycles. The van der Waals surface area contributed by atoms with Gasteiger partial charge in [0.2, 0.25) is 0 Å². The molecule has 0 aliphatic carbocycles. The lowest BCUT2D eigenvalue weighted by molar-refractivity contribution is -0.140. The molecule has 0 amide bonds. The van der Waals surface area contributed by atoms with Crippen LogP contribution in [0.3, 0.4) is 0 Å². The van der Waals surface area contributed by atoms with Crippen molar-refractivity contribution in [2.24, 2.45) is 0 Å². The Labute approximate surface area is 141 Å². The summed E-state index contributed by atoms with van der Waals surface area (Å²) in [7, 11) is 1.40. The minimum atomic E-state index is -0.828. The van der Waals surface area contributed by atoms with E-state index in [1.807, 2.05) is 12.2 Å². The van der Waals surface area contributed by atoms with Gasteiger partial charge in [-0.05, 0) is 25.7 Å². The molecule has 0 saturated heterocycles. The maximum atomic E-state index is 11.8. The van der Waals surface area contributed by atoms with Crippen molar-refractivity contribution >= 4 is 11.8 Å². The molecule has 0 radical (unpaired) electrons. The van der Waals surface area contributed by atoms with Gasteiger partial charge in [0.05, 0.1) is 7.11 Å². The van der Waals surface area contributed by atoms with Crippen molar-refractivity contribution in [2.45, 2.75) is 90.1 Å². The van der Waals surface area contributed by atoms with Crippen molar-refractivity contribution in [1.29, 1.82) is 0 Å². The maximum absolute atomic E-state index is 11.8. The Bertz CT molecular complexity index is 336. The zero-order valence-corrected chi connectivity index (χ0v) is 14.9. The Morgan fingerprint density at radius 3 is 2.39 bits per heavy atom. The largest absolute Gasteiger partial charge is 0.469 e. The average molecular weight is 326 g/mol. The van der Waals surface area contributed by atoms with Gasteiger partial charge < -0.3 is 9.84 Å². The molecular weight excluding hydrogens is 292 g/mol. The molecule has 134 valence electrons. The second-order valence-electron chi connectivity index (χ2n) is 6.04. The summed E-state index contributed by atoms with van der Waals surface area (Å²) in [6.45, 7) is 2.17. The molecule has 0 bridgehead atoms. The van der Waals surface area contributed by atoms with Crippen LogP contribution >= 0.6 is 0 Å². The lowest BCUT2D eigenvalue weighted by Crippen LogP contribution is -2.19. The van der Waals surface area contributed by atoms with E-state index in [2.05, 4.69) is 11.7 Å². The molecule has 0 spiro atoms. The Kier molecular flexibility index (Phi) is 14.9. The summed E-state index contributed by atoms with van der Waals surface area (Å²) in [6.07, 6.45) is 13.8. The maximum Gasteiger partial charge on any atom is 0.305 e. The molecule has 1 N–H and O–H groups in total. The second kappa shape index (κ2) is 15.7. The van der Waals surface area contributed by atoms with E-state index in [1.165, 1.54) is 26.4 Å². The Balaban J connectivity index is 3.52. The van der Waals surface area contributed by atoms with E-state index < -0.39 is 6.10 Å². The number of ether oxygens (including phenoxy) is 1. The van der Waals surface area contributed by atoms with Crippen LogP contribution in [0.15, 0.2) is 12.2 Å². The van der Waals surface area contributed by atoms with Gasteiger partial charge in [-0.25, -0.2) is 0 Å². The standard InChI is InChI=1S/C19H34O4/c1-3-4-5-6-8-11-14-17(20)18(21)15-12-9-7-10-13-16-19(22)23-2/h8,11,18,21H,3-7,9-10,12-16H2,1-2H3. The van der Waals surface area contributed by atoms with E-state index in [4.69, 9.17) is 0 Å². The minimum absolute atomic E-state index is 0.0811. The lowest BCUT2D eigenvalue weighted by atomic mass is 10.0. The van der Waals surface area contributed by atoms with Crippen LogP contribution in [0.4, 0.5) is 0 Å². The monoisotopic (exact) mass is 326 g/mol. The van der Waals surface area contributed by atoms with Gasteiger partial charge in [-0.15, -0.1) is 0 Å². The van der Waals surface area contributed by atoms with E-state index in [0.717, 1.165) is 38.5 Å². The molecule has 0 aromatic heterocycles. The topological polar surface area (TPSA) is 63.6 Å². The number of rotatable bonds is 15.